The zero-order valence-corrected chi connectivity index (χ0v) is 14.5. The maximum absolute atomic E-state index is 11.7. The minimum Gasteiger partial charge on any atom is -0.493 e. The molecule has 0 saturated carbocycles. The molecule has 2 rings (SSSR count). The summed E-state index contributed by atoms with van der Waals surface area (Å²) in [6, 6.07) is 11.9. The summed E-state index contributed by atoms with van der Waals surface area (Å²) in [5.74, 6) is 0.571. The van der Waals surface area contributed by atoms with Gasteiger partial charge in [0.15, 0.2) is 17.3 Å². The summed E-state index contributed by atoms with van der Waals surface area (Å²) in [7, 11) is 3.09. The van der Waals surface area contributed by atoms with Crippen LogP contribution in [0.2, 0.25) is 5.02 Å². The fourth-order valence-corrected chi connectivity index (χ4v) is 2.04. The Hall–Kier alpha value is -2.99. The van der Waals surface area contributed by atoms with Gasteiger partial charge in [-0.25, -0.2) is 4.79 Å². The molecule has 0 amide bonds. The first-order chi connectivity index (χ1) is 12.0. The van der Waals surface area contributed by atoms with Crippen LogP contribution in [0.15, 0.2) is 53.7 Å². The molecule has 0 saturated heterocycles. The van der Waals surface area contributed by atoms with E-state index in [1.54, 1.807) is 55.7 Å². The predicted octanol–water partition coefficient (Wildman–Crippen LogP) is 3.23. The number of benzene rings is 2. The molecule has 0 fully saturated rings. The van der Waals surface area contributed by atoms with Crippen molar-refractivity contribution in [1.82, 2.24) is 0 Å². The molecular weight excluding hydrogens is 344 g/mol. The lowest BCUT2D eigenvalue weighted by molar-refractivity contribution is -0.137. The van der Waals surface area contributed by atoms with Crippen molar-refractivity contribution in [2.75, 3.05) is 14.2 Å². The van der Waals surface area contributed by atoms with Gasteiger partial charge in [0.2, 0.25) is 0 Å². The van der Waals surface area contributed by atoms with E-state index in [0.29, 0.717) is 22.1 Å². The number of methoxy groups -OCH3 is 2. The second-order valence-electron chi connectivity index (χ2n) is 4.84. The fraction of sp³-hybridized carbons (Fsp3) is 0.111. The number of nitrogens with zero attached hydrogens (tertiary/aromatic N) is 1. The van der Waals surface area contributed by atoms with Gasteiger partial charge < -0.3 is 20.0 Å². The highest BCUT2D eigenvalue weighted by atomic mass is 35.5. The average Bonchev–Trinajstić information content (AvgIpc) is 2.64. The Morgan fingerprint density at radius 2 is 1.76 bits per heavy atom. The highest BCUT2D eigenvalue weighted by molar-refractivity contribution is 6.30. The number of carbonyl (C=O) groups excluding carboxylic acids is 1. The molecule has 6 nitrogen and oxygen atoms in total. The Balaban J connectivity index is 2.01. The van der Waals surface area contributed by atoms with Crippen molar-refractivity contribution in [2.24, 2.45) is 10.9 Å². The molecule has 0 unspecified atom stereocenters. The van der Waals surface area contributed by atoms with Crippen molar-refractivity contribution in [2.45, 2.75) is 0 Å². The van der Waals surface area contributed by atoms with Gasteiger partial charge >= 0.3 is 5.97 Å². The first kappa shape index (κ1) is 18.4. The summed E-state index contributed by atoms with van der Waals surface area (Å²) < 4.78 is 10.3. The molecule has 25 heavy (non-hydrogen) atoms. The van der Waals surface area contributed by atoms with Crippen LogP contribution in [0.5, 0.6) is 11.5 Å². The van der Waals surface area contributed by atoms with Crippen LogP contribution in [-0.2, 0) is 9.63 Å². The second-order valence-corrected chi connectivity index (χ2v) is 5.28. The lowest BCUT2D eigenvalue weighted by atomic mass is 10.2. The first-order valence-electron chi connectivity index (χ1n) is 7.24. The molecule has 0 bridgehead atoms. The van der Waals surface area contributed by atoms with Gasteiger partial charge in [-0.3, -0.25) is 0 Å². The van der Waals surface area contributed by atoms with E-state index in [0.717, 1.165) is 5.56 Å². The van der Waals surface area contributed by atoms with E-state index in [1.807, 2.05) is 0 Å². The largest absolute Gasteiger partial charge is 0.493 e. The number of hydrogen-bond donors (Lipinski definition) is 1. The minimum atomic E-state index is -0.660. The summed E-state index contributed by atoms with van der Waals surface area (Å²) in [6.07, 6.45) is 2.80. The molecule has 0 aliphatic heterocycles. The molecule has 0 aliphatic rings. The van der Waals surface area contributed by atoms with E-state index in [9.17, 15) is 4.79 Å². The van der Waals surface area contributed by atoms with Gasteiger partial charge in [-0.1, -0.05) is 22.8 Å². The van der Waals surface area contributed by atoms with Crippen LogP contribution in [0, 0.1) is 0 Å². The topological polar surface area (TPSA) is 83.1 Å². The zero-order valence-electron chi connectivity index (χ0n) is 13.7. The van der Waals surface area contributed by atoms with Crippen molar-refractivity contribution < 1.29 is 19.1 Å². The number of rotatable bonds is 6. The third-order valence-corrected chi connectivity index (χ3v) is 3.45. The number of halogens is 1. The van der Waals surface area contributed by atoms with E-state index in [4.69, 9.17) is 31.6 Å². The molecule has 7 heteroatoms. The monoisotopic (exact) mass is 360 g/mol. The lowest BCUT2D eigenvalue weighted by Crippen LogP contribution is -2.14. The molecule has 0 heterocycles. The van der Waals surface area contributed by atoms with Crippen molar-refractivity contribution in [3.63, 3.8) is 0 Å². The summed E-state index contributed by atoms with van der Waals surface area (Å²) in [5.41, 5.74) is 7.08. The Kier molecular flexibility index (Phi) is 6.42. The van der Waals surface area contributed by atoms with Gasteiger partial charge in [0.25, 0.3) is 0 Å². The molecule has 130 valence electrons. The quantitative estimate of drug-likeness (QED) is 0.281. The molecule has 0 aliphatic carbocycles. The van der Waals surface area contributed by atoms with E-state index in [1.165, 1.54) is 13.2 Å². The first-order valence-corrected chi connectivity index (χ1v) is 7.61. The van der Waals surface area contributed by atoms with Gasteiger partial charge in [0, 0.05) is 16.7 Å². The smallest absolute Gasteiger partial charge is 0.358 e. The lowest BCUT2D eigenvalue weighted by Gasteiger charge is -2.07. The number of carbonyl (C=O) groups is 1. The summed E-state index contributed by atoms with van der Waals surface area (Å²) in [6.45, 7) is 0. The van der Waals surface area contributed by atoms with Crippen LogP contribution >= 0.6 is 11.6 Å². The standard InChI is InChI=1S/C18H17ClN2O4/c1-23-15-9-3-12(11-16(15)24-2)4-10-17(22)25-21-18(20)13-5-7-14(19)8-6-13/h3-11H,1-2H3,(H2,20,21)/b10-4+. The molecule has 0 aromatic heterocycles. The van der Waals surface area contributed by atoms with Gasteiger partial charge in [-0.15, -0.1) is 0 Å². The highest BCUT2D eigenvalue weighted by Crippen LogP contribution is 2.27. The number of nitrogens with two attached hydrogens (primary N) is 1. The van der Waals surface area contributed by atoms with Gasteiger partial charge in [-0.2, -0.15) is 0 Å². The molecule has 0 radical (unpaired) electrons. The van der Waals surface area contributed by atoms with Crippen molar-refractivity contribution >= 4 is 29.5 Å². The van der Waals surface area contributed by atoms with Crippen LogP contribution in [0.4, 0.5) is 0 Å². The summed E-state index contributed by atoms with van der Waals surface area (Å²) in [5, 5.41) is 4.18. The fourth-order valence-electron chi connectivity index (χ4n) is 1.92. The molecule has 2 N–H and O–H groups in total. The van der Waals surface area contributed by atoms with E-state index in [-0.39, 0.29) is 5.84 Å². The van der Waals surface area contributed by atoms with Gasteiger partial charge in [-0.05, 0) is 48.0 Å². The third-order valence-electron chi connectivity index (χ3n) is 3.19. The number of oxime groups is 1. The van der Waals surface area contributed by atoms with Crippen molar-refractivity contribution in [1.29, 1.82) is 0 Å². The Morgan fingerprint density at radius 3 is 2.40 bits per heavy atom. The number of amidine groups is 1. The molecule has 0 atom stereocenters. The van der Waals surface area contributed by atoms with E-state index < -0.39 is 5.97 Å². The maximum atomic E-state index is 11.7. The maximum Gasteiger partial charge on any atom is 0.358 e. The Morgan fingerprint density at radius 1 is 1.08 bits per heavy atom. The van der Waals surface area contributed by atoms with E-state index >= 15 is 0 Å². The SMILES string of the molecule is COc1ccc(/C=C/C(=O)O/N=C(/N)c2ccc(Cl)cc2)cc1OC. The second kappa shape index (κ2) is 8.75. The van der Waals surface area contributed by atoms with Crippen LogP contribution in [0.3, 0.4) is 0 Å². The van der Waals surface area contributed by atoms with Gasteiger partial charge in [0.05, 0.1) is 14.2 Å². The molecule has 2 aromatic carbocycles. The minimum absolute atomic E-state index is 0.0736. The molecule has 2 aromatic rings. The average molecular weight is 361 g/mol. The number of hydrogen-bond acceptors (Lipinski definition) is 5. The van der Waals surface area contributed by atoms with Crippen molar-refractivity contribution in [3.05, 3.63) is 64.7 Å². The number of ether oxygens (including phenoxy) is 2. The normalized spacial score (nSPS) is 11.4. The summed E-state index contributed by atoms with van der Waals surface area (Å²) >= 11 is 5.79. The predicted molar refractivity (Wildman–Crippen MR) is 96.8 cm³/mol. The van der Waals surface area contributed by atoms with Crippen LogP contribution in [-0.4, -0.2) is 26.0 Å². The van der Waals surface area contributed by atoms with Crippen molar-refractivity contribution in [3.8, 4) is 11.5 Å². The third kappa shape index (κ3) is 5.26. The summed E-state index contributed by atoms with van der Waals surface area (Å²) in [4.78, 5) is 16.5. The van der Waals surface area contributed by atoms with Crippen LogP contribution in [0.25, 0.3) is 6.08 Å². The van der Waals surface area contributed by atoms with Crippen LogP contribution < -0.4 is 15.2 Å². The Bertz CT molecular complexity index is 801. The van der Waals surface area contributed by atoms with E-state index in [2.05, 4.69) is 5.16 Å². The molecular formula is C18H17ClN2O4. The van der Waals surface area contributed by atoms with Crippen LogP contribution in [0.1, 0.15) is 11.1 Å². The molecule has 0 spiro atoms. The zero-order chi connectivity index (χ0) is 18.2. The highest BCUT2D eigenvalue weighted by Gasteiger charge is 2.04. The van der Waals surface area contributed by atoms with Gasteiger partial charge in [0.1, 0.15) is 0 Å². The Labute approximate surface area is 150 Å².